The molecule has 0 aliphatic carbocycles. The van der Waals surface area contributed by atoms with Crippen molar-refractivity contribution in [3.8, 4) is 11.5 Å². The Bertz CT molecular complexity index is 957. The summed E-state index contributed by atoms with van der Waals surface area (Å²) < 4.78 is 11.0. The summed E-state index contributed by atoms with van der Waals surface area (Å²) in [6, 6.07) is 3.48. The Morgan fingerprint density at radius 2 is 2.10 bits per heavy atom. The molecule has 0 fully saturated rings. The molecule has 1 aromatic carbocycles. The zero-order valence-electron chi connectivity index (χ0n) is 17.7. The minimum Gasteiger partial charge on any atom is -0.486 e. The van der Waals surface area contributed by atoms with Crippen molar-refractivity contribution in [2.75, 3.05) is 26.3 Å². The first-order chi connectivity index (χ1) is 14.9. The van der Waals surface area contributed by atoms with Gasteiger partial charge in [0.15, 0.2) is 11.5 Å². The third-order valence-electron chi connectivity index (χ3n) is 4.93. The fourth-order valence-electron chi connectivity index (χ4n) is 3.10. The highest BCUT2D eigenvalue weighted by Crippen LogP contribution is 2.38. The summed E-state index contributed by atoms with van der Waals surface area (Å²) in [5.41, 5.74) is 2.93. The first kappa shape index (κ1) is 22.7. The lowest BCUT2D eigenvalue weighted by Crippen LogP contribution is -2.37. The van der Waals surface area contributed by atoms with E-state index in [0.717, 1.165) is 29.7 Å². The number of nitrogens with zero attached hydrogens (tertiary/aromatic N) is 1. The van der Waals surface area contributed by atoms with Crippen molar-refractivity contribution < 1.29 is 19.1 Å². The molecule has 8 nitrogen and oxygen atoms in total. The molecule has 3 rings (SSSR count). The molecule has 31 heavy (non-hydrogen) atoms. The number of aromatic amines is 1. The van der Waals surface area contributed by atoms with Gasteiger partial charge in [-0.15, -0.1) is 0 Å². The summed E-state index contributed by atoms with van der Waals surface area (Å²) in [6.45, 7) is 5.49. The molecule has 2 aromatic rings. The first-order valence-corrected chi connectivity index (χ1v) is 10.6. The zero-order chi connectivity index (χ0) is 22.2. The zero-order valence-corrected chi connectivity index (χ0v) is 18.4. The number of H-pyrrole nitrogens is 1. The number of nitrogens with one attached hydrogen (secondary N) is 3. The largest absolute Gasteiger partial charge is 0.486 e. The van der Waals surface area contributed by atoms with Crippen molar-refractivity contribution in [3.63, 3.8) is 0 Å². The number of aryl methyl sites for hydroxylation is 2. The smallest absolute Gasteiger partial charge is 0.244 e. The molecule has 2 amide bonds. The minimum absolute atomic E-state index is 0.0909. The van der Waals surface area contributed by atoms with E-state index in [-0.39, 0.29) is 24.3 Å². The average molecular weight is 447 g/mol. The number of carbonyl (C=O) groups is 2. The van der Waals surface area contributed by atoms with E-state index in [4.69, 9.17) is 21.1 Å². The SMILES string of the molecule is Cc1[nH]ncc1CCCNC(=O)C(C)CNC(=O)/C=C/c1cc(Cl)c2c(c1)OCCO2. The van der Waals surface area contributed by atoms with Gasteiger partial charge in [0.05, 0.1) is 17.1 Å². The van der Waals surface area contributed by atoms with Gasteiger partial charge in [-0.1, -0.05) is 18.5 Å². The molecule has 2 heterocycles. The van der Waals surface area contributed by atoms with Crippen LogP contribution >= 0.6 is 11.6 Å². The van der Waals surface area contributed by atoms with Crippen molar-refractivity contribution in [2.24, 2.45) is 5.92 Å². The van der Waals surface area contributed by atoms with Gasteiger partial charge in [0.2, 0.25) is 11.8 Å². The van der Waals surface area contributed by atoms with Crippen LogP contribution in [-0.2, 0) is 16.0 Å². The lowest BCUT2D eigenvalue weighted by molar-refractivity contribution is -0.124. The van der Waals surface area contributed by atoms with Crippen LogP contribution in [0.25, 0.3) is 6.08 Å². The minimum atomic E-state index is -0.336. The Balaban J connectivity index is 1.39. The van der Waals surface area contributed by atoms with Gasteiger partial charge in [-0.05, 0) is 49.1 Å². The Morgan fingerprint density at radius 3 is 2.87 bits per heavy atom. The number of aromatic nitrogens is 2. The van der Waals surface area contributed by atoms with E-state index in [0.29, 0.717) is 36.3 Å². The number of ether oxygens (including phenoxy) is 2. The van der Waals surface area contributed by atoms with Crippen LogP contribution in [-0.4, -0.2) is 48.3 Å². The molecular weight excluding hydrogens is 420 g/mol. The van der Waals surface area contributed by atoms with Crippen molar-refractivity contribution in [3.05, 3.63) is 46.2 Å². The number of hydrogen-bond donors (Lipinski definition) is 3. The van der Waals surface area contributed by atoms with Gasteiger partial charge in [0, 0.05) is 24.9 Å². The van der Waals surface area contributed by atoms with Gasteiger partial charge >= 0.3 is 0 Å². The average Bonchev–Trinajstić information content (AvgIpc) is 3.18. The van der Waals surface area contributed by atoms with Crippen molar-refractivity contribution >= 4 is 29.5 Å². The van der Waals surface area contributed by atoms with E-state index in [9.17, 15) is 9.59 Å². The number of carbonyl (C=O) groups excluding carboxylic acids is 2. The van der Waals surface area contributed by atoms with Gasteiger partial charge < -0.3 is 20.1 Å². The van der Waals surface area contributed by atoms with Crippen LogP contribution in [0.3, 0.4) is 0 Å². The Kier molecular flexibility index (Phi) is 7.94. The second-order valence-corrected chi connectivity index (χ2v) is 7.83. The van der Waals surface area contributed by atoms with Crippen LogP contribution in [0.2, 0.25) is 5.02 Å². The summed E-state index contributed by atoms with van der Waals surface area (Å²) in [7, 11) is 0. The van der Waals surface area contributed by atoms with Crippen LogP contribution in [0.5, 0.6) is 11.5 Å². The fraction of sp³-hybridized carbons (Fsp3) is 0.409. The standard InChI is InChI=1S/C22H27ClN4O4/c1-14(22(29)24-7-3-4-17-13-26-27-15(17)2)12-25-20(28)6-5-16-10-18(23)21-19(11-16)30-8-9-31-21/h5-6,10-11,13-14H,3-4,7-9,12H2,1-2H3,(H,24,29)(H,25,28)(H,26,27)/b6-5+. The third-order valence-corrected chi connectivity index (χ3v) is 5.21. The predicted molar refractivity (Wildman–Crippen MR) is 118 cm³/mol. The monoisotopic (exact) mass is 446 g/mol. The number of halogens is 1. The van der Waals surface area contributed by atoms with Gasteiger partial charge in [-0.25, -0.2) is 0 Å². The highest BCUT2D eigenvalue weighted by atomic mass is 35.5. The summed E-state index contributed by atoms with van der Waals surface area (Å²) in [5, 5.41) is 13.0. The van der Waals surface area contributed by atoms with Crippen LogP contribution in [0.4, 0.5) is 0 Å². The van der Waals surface area contributed by atoms with Crippen molar-refractivity contribution in [2.45, 2.75) is 26.7 Å². The topological polar surface area (TPSA) is 105 Å². The Labute approximate surface area is 186 Å². The molecule has 9 heteroatoms. The van der Waals surface area contributed by atoms with Gasteiger partial charge in [0.1, 0.15) is 13.2 Å². The summed E-state index contributed by atoms with van der Waals surface area (Å²) >= 11 is 6.20. The summed E-state index contributed by atoms with van der Waals surface area (Å²) in [4.78, 5) is 24.3. The van der Waals surface area contributed by atoms with E-state index in [1.54, 1.807) is 25.1 Å². The Morgan fingerprint density at radius 1 is 1.29 bits per heavy atom. The number of fused-ring (bicyclic) bond motifs is 1. The Hall–Kier alpha value is -3.00. The van der Waals surface area contributed by atoms with Gasteiger partial charge in [0.25, 0.3) is 0 Å². The lowest BCUT2D eigenvalue weighted by Gasteiger charge is -2.19. The second-order valence-electron chi connectivity index (χ2n) is 7.42. The highest BCUT2D eigenvalue weighted by molar-refractivity contribution is 6.32. The molecule has 1 unspecified atom stereocenters. The maximum absolute atomic E-state index is 12.2. The lowest BCUT2D eigenvalue weighted by atomic mass is 10.1. The maximum Gasteiger partial charge on any atom is 0.244 e. The fourth-order valence-corrected chi connectivity index (χ4v) is 3.37. The molecule has 166 valence electrons. The number of amides is 2. The number of hydrogen-bond acceptors (Lipinski definition) is 5. The molecule has 1 atom stereocenters. The second kappa shape index (κ2) is 10.9. The van der Waals surface area contributed by atoms with Crippen molar-refractivity contribution in [1.82, 2.24) is 20.8 Å². The van der Waals surface area contributed by atoms with Crippen LogP contribution in [0.1, 0.15) is 30.2 Å². The molecule has 0 saturated heterocycles. The maximum atomic E-state index is 12.2. The molecule has 0 spiro atoms. The molecule has 3 N–H and O–H groups in total. The van der Waals surface area contributed by atoms with Crippen LogP contribution < -0.4 is 20.1 Å². The van der Waals surface area contributed by atoms with E-state index in [2.05, 4.69) is 20.8 Å². The van der Waals surface area contributed by atoms with Gasteiger partial charge in [-0.2, -0.15) is 5.10 Å². The van der Waals surface area contributed by atoms with E-state index in [1.807, 2.05) is 13.1 Å². The first-order valence-electron chi connectivity index (χ1n) is 10.3. The van der Waals surface area contributed by atoms with Crippen molar-refractivity contribution in [1.29, 1.82) is 0 Å². The van der Waals surface area contributed by atoms with E-state index < -0.39 is 0 Å². The molecule has 0 bridgehead atoms. The molecule has 0 saturated carbocycles. The van der Waals surface area contributed by atoms with E-state index >= 15 is 0 Å². The molecule has 1 aliphatic rings. The normalized spacial score (nSPS) is 13.8. The number of benzene rings is 1. The summed E-state index contributed by atoms with van der Waals surface area (Å²) in [5.74, 6) is 0.367. The van der Waals surface area contributed by atoms with Crippen LogP contribution in [0, 0.1) is 12.8 Å². The number of rotatable bonds is 9. The van der Waals surface area contributed by atoms with E-state index in [1.165, 1.54) is 6.08 Å². The van der Waals surface area contributed by atoms with Gasteiger partial charge in [-0.3, -0.25) is 14.7 Å². The molecular formula is C22H27ClN4O4. The molecule has 1 aromatic heterocycles. The highest BCUT2D eigenvalue weighted by Gasteiger charge is 2.16. The molecule has 0 radical (unpaired) electrons. The third kappa shape index (κ3) is 6.49. The quantitative estimate of drug-likeness (QED) is 0.405. The van der Waals surface area contributed by atoms with Crippen LogP contribution in [0.15, 0.2) is 24.4 Å². The predicted octanol–water partition coefficient (Wildman–Crippen LogP) is 2.66. The summed E-state index contributed by atoms with van der Waals surface area (Å²) in [6.07, 6.45) is 6.53. The molecule has 1 aliphatic heterocycles.